The summed E-state index contributed by atoms with van der Waals surface area (Å²) >= 11 is 0. The van der Waals surface area contributed by atoms with Crippen molar-refractivity contribution in [1.82, 2.24) is 19.4 Å². The molecule has 0 spiro atoms. The Balaban J connectivity index is 1.85. The van der Waals surface area contributed by atoms with E-state index < -0.39 is 34.3 Å². The minimum Gasteiger partial charge on any atom is -0.379 e. The summed E-state index contributed by atoms with van der Waals surface area (Å²) in [5.74, 6) is -1.28. The Kier molecular flexibility index (Phi) is 10.6. The van der Waals surface area contributed by atoms with Gasteiger partial charge in [-0.25, -0.2) is 12.8 Å². The highest BCUT2D eigenvalue weighted by molar-refractivity contribution is 7.88. The number of carbonyl (C=O) groups excluding carboxylic acids is 2. The number of hydrogen-bond donors (Lipinski definition) is 1. The minimum atomic E-state index is -3.62. The first-order valence-electron chi connectivity index (χ1n) is 12.2. The van der Waals surface area contributed by atoms with Gasteiger partial charge in [0, 0.05) is 46.2 Å². The van der Waals surface area contributed by atoms with Crippen LogP contribution in [0, 0.1) is 5.82 Å². The Morgan fingerprint density at radius 1 is 1.05 bits per heavy atom. The molecule has 37 heavy (non-hydrogen) atoms. The molecule has 1 aliphatic rings. The number of sulfonamides is 1. The molecule has 0 radical (unpaired) electrons. The maximum atomic E-state index is 13.5. The molecular weight excluding hydrogens is 499 g/mol. The quantitative estimate of drug-likeness (QED) is 0.438. The first-order chi connectivity index (χ1) is 17.6. The zero-order valence-electron chi connectivity index (χ0n) is 21.3. The fraction of sp³-hybridized carbons (Fsp3) is 0.462. The van der Waals surface area contributed by atoms with Gasteiger partial charge in [0.2, 0.25) is 21.8 Å². The van der Waals surface area contributed by atoms with Gasteiger partial charge in [0.25, 0.3) is 0 Å². The molecule has 0 unspecified atom stereocenters. The van der Waals surface area contributed by atoms with Crippen LogP contribution in [0.15, 0.2) is 54.6 Å². The Labute approximate surface area is 218 Å². The summed E-state index contributed by atoms with van der Waals surface area (Å²) in [5, 5.41) is 2.96. The molecule has 2 aromatic carbocycles. The van der Waals surface area contributed by atoms with E-state index in [-0.39, 0.29) is 18.9 Å². The van der Waals surface area contributed by atoms with E-state index in [1.807, 2.05) is 30.3 Å². The molecule has 2 aromatic rings. The molecule has 1 saturated heterocycles. The molecule has 0 saturated carbocycles. The molecule has 1 atom stereocenters. The number of likely N-dealkylation sites (N-methyl/N-ethyl adjacent to an activating group) is 1. The van der Waals surface area contributed by atoms with Gasteiger partial charge < -0.3 is 15.0 Å². The molecule has 9 nitrogen and oxygen atoms in total. The average Bonchev–Trinajstić information content (AvgIpc) is 2.87. The van der Waals surface area contributed by atoms with Gasteiger partial charge in [-0.05, 0) is 23.3 Å². The van der Waals surface area contributed by atoms with Crippen LogP contribution in [0.25, 0.3) is 0 Å². The summed E-state index contributed by atoms with van der Waals surface area (Å²) in [6, 6.07) is 14.1. The van der Waals surface area contributed by atoms with Crippen LogP contribution < -0.4 is 5.32 Å². The van der Waals surface area contributed by atoms with Gasteiger partial charge in [0.15, 0.2) is 0 Å². The second kappa shape index (κ2) is 13.6. The van der Waals surface area contributed by atoms with Crippen LogP contribution in [0.2, 0.25) is 0 Å². The number of halogens is 1. The summed E-state index contributed by atoms with van der Waals surface area (Å²) in [7, 11) is -2.30. The van der Waals surface area contributed by atoms with E-state index >= 15 is 0 Å². The number of amides is 2. The number of rotatable bonds is 12. The van der Waals surface area contributed by atoms with Crippen LogP contribution in [0.3, 0.4) is 0 Å². The fourth-order valence-electron chi connectivity index (χ4n) is 4.02. The van der Waals surface area contributed by atoms with Crippen molar-refractivity contribution in [2.24, 2.45) is 0 Å². The van der Waals surface area contributed by atoms with E-state index in [0.717, 1.165) is 29.2 Å². The standard InChI is InChI=1S/C26H35FN4O5S/c1-29(37(2,34)35)20-25(32)31(19-22-8-10-23(27)11-9-22)24(18-21-6-4-3-5-7-21)26(33)28-12-13-30-14-16-36-17-15-30/h3-11,24H,12-20H2,1-2H3,(H,28,33)/t24-/m1/s1. The monoisotopic (exact) mass is 534 g/mol. The van der Waals surface area contributed by atoms with Crippen molar-refractivity contribution in [3.05, 3.63) is 71.5 Å². The number of morpholine rings is 1. The molecule has 1 heterocycles. The highest BCUT2D eigenvalue weighted by Gasteiger charge is 2.32. The van der Waals surface area contributed by atoms with Crippen molar-refractivity contribution in [3.8, 4) is 0 Å². The first-order valence-corrected chi connectivity index (χ1v) is 14.1. The van der Waals surface area contributed by atoms with Crippen LogP contribution in [0.4, 0.5) is 4.39 Å². The van der Waals surface area contributed by atoms with Gasteiger partial charge in [0.1, 0.15) is 11.9 Å². The normalized spacial score (nSPS) is 15.4. The van der Waals surface area contributed by atoms with Crippen LogP contribution in [-0.4, -0.2) is 99.6 Å². The van der Waals surface area contributed by atoms with Crippen molar-refractivity contribution in [1.29, 1.82) is 0 Å². The Morgan fingerprint density at radius 2 is 1.70 bits per heavy atom. The van der Waals surface area contributed by atoms with Gasteiger partial charge >= 0.3 is 0 Å². The zero-order chi connectivity index (χ0) is 26.8. The largest absolute Gasteiger partial charge is 0.379 e. The van der Waals surface area contributed by atoms with E-state index in [0.29, 0.717) is 31.9 Å². The predicted octanol–water partition coefficient (Wildman–Crippen LogP) is 1.11. The Bertz CT molecular complexity index is 1130. The van der Waals surface area contributed by atoms with Crippen molar-refractivity contribution in [2.75, 3.05) is 59.2 Å². The van der Waals surface area contributed by atoms with Gasteiger partial charge in [-0.15, -0.1) is 0 Å². The topological polar surface area (TPSA) is 99.3 Å². The SMILES string of the molecule is CN(CC(=O)N(Cc1ccc(F)cc1)[C@H](Cc1ccccc1)C(=O)NCCN1CCOCC1)S(C)(=O)=O. The molecule has 3 rings (SSSR count). The smallest absolute Gasteiger partial charge is 0.243 e. The van der Waals surface area contributed by atoms with E-state index in [2.05, 4.69) is 10.2 Å². The van der Waals surface area contributed by atoms with Crippen molar-refractivity contribution in [3.63, 3.8) is 0 Å². The summed E-state index contributed by atoms with van der Waals surface area (Å²) in [4.78, 5) is 30.6. The van der Waals surface area contributed by atoms with Crippen LogP contribution in [-0.2, 0) is 37.3 Å². The van der Waals surface area contributed by atoms with E-state index in [1.54, 1.807) is 12.1 Å². The lowest BCUT2D eigenvalue weighted by Gasteiger charge is -2.33. The molecular formula is C26H35FN4O5S. The third-order valence-electron chi connectivity index (χ3n) is 6.29. The predicted molar refractivity (Wildman–Crippen MR) is 139 cm³/mol. The van der Waals surface area contributed by atoms with Gasteiger partial charge in [0.05, 0.1) is 26.0 Å². The highest BCUT2D eigenvalue weighted by atomic mass is 32.2. The molecule has 202 valence electrons. The van der Waals surface area contributed by atoms with Crippen LogP contribution >= 0.6 is 0 Å². The molecule has 1 aliphatic heterocycles. The molecule has 0 bridgehead atoms. The third-order valence-corrected chi connectivity index (χ3v) is 7.55. The van der Waals surface area contributed by atoms with E-state index in [4.69, 9.17) is 4.74 Å². The van der Waals surface area contributed by atoms with Gasteiger partial charge in [-0.2, -0.15) is 4.31 Å². The number of nitrogens with zero attached hydrogens (tertiary/aromatic N) is 3. The molecule has 0 aliphatic carbocycles. The van der Waals surface area contributed by atoms with Crippen LogP contribution in [0.1, 0.15) is 11.1 Å². The molecule has 1 N–H and O–H groups in total. The fourth-order valence-corrected chi connectivity index (χ4v) is 4.36. The molecule has 2 amide bonds. The molecule has 11 heteroatoms. The second-order valence-corrected chi connectivity index (χ2v) is 11.2. The lowest BCUT2D eigenvalue weighted by atomic mass is 10.0. The average molecular weight is 535 g/mol. The van der Waals surface area contributed by atoms with Crippen molar-refractivity contribution in [2.45, 2.75) is 19.0 Å². The summed E-state index contributed by atoms with van der Waals surface area (Å²) in [5.41, 5.74) is 1.47. The summed E-state index contributed by atoms with van der Waals surface area (Å²) < 4.78 is 43.8. The number of ether oxygens (including phenoxy) is 1. The number of nitrogens with one attached hydrogen (secondary N) is 1. The van der Waals surface area contributed by atoms with E-state index in [1.165, 1.54) is 24.1 Å². The van der Waals surface area contributed by atoms with Crippen molar-refractivity contribution >= 4 is 21.8 Å². The molecule has 0 aromatic heterocycles. The summed E-state index contributed by atoms with van der Waals surface area (Å²) in [6.45, 7) is 3.52. The minimum absolute atomic E-state index is 0.0189. The second-order valence-electron chi connectivity index (χ2n) is 9.12. The number of hydrogen-bond acceptors (Lipinski definition) is 6. The van der Waals surface area contributed by atoms with Gasteiger partial charge in [-0.3, -0.25) is 14.5 Å². The zero-order valence-corrected chi connectivity index (χ0v) is 22.1. The van der Waals surface area contributed by atoms with Crippen LogP contribution in [0.5, 0.6) is 0 Å². The Morgan fingerprint density at radius 3 is 2.32 bits per heavy atom. The maximum absolute atomic E-state index is 13.5. The maximum Gasteiger partial charge on any atom is 0.243 e. The first kappa shape index (κ1) is 28.7. The lowest BCUT2D eigenvalue weighted by Crippen LogP contribution is -2.53. The lowest BCUT2D eigenvalue weighted by molar-refractivity contribution is -0.141. The Hall–Kier alpha value is -2.86. The number of carbonyl (C=O) groups is 2. The summed E-state index contributed by atoms with van der Waals surface area (Å²) in [6.07, 6.45) is 1.25. The highest BCUT2D eigenvalue weighted by Crippen LogP contribution is 2.16. The third kappa shape index (κ3) is 9.19. The van der Waals surface area contributed by atoms with Gasteiger partial charge in [-0.1, -0.05) is 42.5 Å². The van der Waals surface area contributed by atoms with Crippen molar-refractivity contribution < 1.29 is 27.1 Å². The number of benzene rings is 2. The van der Waals surface area contributed by atoms with E-state index in [9.17, 15) is 22.4 Å². The molecule has 1 fully saturated rings.